The summed E-state index contributed by atoms with van der Waals surface area (Å²) in [6.07, 6.45) is 1.69. The van der Waals surface area contributed by atoms with Crippen molar-refractivity contribution < 1.29 is 9.53 Å². The number of rotatable bonds is 4. The first-order valence-corrected chi connectivity index (χ1v) is 7.78. The summed E-state index contributed by atoms with van der Waals surface area (Å²) in [5.74, 6) is -0.0843. The molecule has 1 aromatic carbocycles. The molecule has 2 heterocycles. The van der Waals surface area contributed by atoms with Crippen molar-refractivity contribution in [2.75, 3.05) is 13.2 Å². The zero-order chi connectivity index (χ0) is 16.2. The molecule has 3 rings (SSSR count). The van der Waals surface area contributed by atoms with Crippen molar-refractivity contribution in [2.45, 2.75) is 32.0 Å². The maximum absolute atomic E-state index is 12.4. The Bertz CT molecular complexity index is 658. The Kier molecular flexibility index (Phi) is 4.68. The summed E-state index contributed by atoms with van der Waals surface area (Å²) in [4.78, 5) is 12.4. The van der Waals surface area contributed by atoms with E-state index >= 15 is 0 Å². The van der Waals surface area contributed by atoms with Gasteiger partial charge in [-0.2, -0.15) is 0 Å². The number of para-hydroxylation sites is 1. The van der Waals surface area contributed by atoms with Crippen LogP contribution in [0.25, 0.3) is 5.69 Å². The summed E-state index contributed by atoms with van der Waals surface area (Å²) >= 11 is 0. The van der Waals surface area contributed by atoms with E-state index in [1.807, 2.05) is 50.4 Å². The average molecular weight is 315 g/mol. The number of nitrogens with zero attached hydrogens (tertiary/aromatic N) is 3. The molecule has 122 valence electrons. The van der Waals surface area contributed by atoms with Crippen LogP contribution in [-0.4, -0.2) is 46.2 Å². The maximum Gasteiger partial charge on any atom is 0.240 e. The molecule has 1 aromatic heterocycles. The molecule has 1 unspecified atom stereocenters. The lowest BCUT2D eigenvalue weighted by Crippen LogP contribution is -2.55. The van der Waals surface area contributed by atoms with E-state index in [0.29, 0.717) is 18.8 Å². The quantitative estimate of drug-likeness (QED) is 0.873. The third kappa shape index (κ3) is 3.57. The van der Waals surface area contributed by atoms with Crippen LogP contribution in [0.3, 0.4) is 0 Å². The van der Waals surface area contributed by atoms with E-state index in [4.69, 9.17) is 4.74 Å². The van der Waals surface area contributed by atoms with Crippen molar-refractivity contribution in [3.8, 4) is 5.69 Å². The molecule has 7 nitrogen and oxygen atoms in total. The second kappa shape index (κ2) is 6.89. The molecule has 1 fully saturated rings. The second-order valence-corrected chi connectivity index (χ2v) is 5.66. The fraction of sp³-hybridized carbons (Fsp3) is 0.438. The molecule has 0 saturated carbocycles. The lowest BCUT2D eigenvalue weighted by atomic mass is 10.1. The van der Waals surface area contributed by atoms with E-state index < -0.39 is 0 Å². The van der Waals surface area contributed by atoms with Gasteiger partial charge in [-0.05, 0) is 26.0 Å². The van der Waals surface area contributed by atoms with Crippen molar-refractivity contribution >= 4 is 5.91 Å². The fourth-order valence-electron chi connectivity index (χ4n) is 2.59. The Labute approximate surface area is 135 Å². The number of benzene rings is 1. The summed E-state index contributed by atoms with van der Waals surface area (Å²) in [6.45, 7) is 5.10. The number of ether oxygens (including phenoxy) is 1. The number of morpholine rings is 1. The van der Waals surface area contributed by atoms with Crippen LogP contribution >= 0.6 is 0 Å². The summed E-state index contributed by atoms with van der Waals surface area (Å²) < 4.78 is 7.20. The number of carbonyl (C=O) groups excluding carboxylic acids is 1. The Morgan fingerprint density at radius 2 is 2.22 bits per heavy atom. The first kappa shape index (κ1) is 15.6. The highest BCUT2D eigenvalue weighted by Crippen LogP contribution is 2.13. The summed E-state index contributed by atoms with van der Waals surface area (Å²) in [5.41, 5.74) is 1.65. The smallest absolute Gasteiger partial charge is 0.240 e. The highest BCUT2D eigenvalue weighted by atomic mass is 16.5. The molecule has 0 bridgehead atoms. The number of hydrogen-bond acceptors (Lipinski definition) is 5. The van der Waals surface area contributed by atoms with Gasteiger partial charge in [-0.15, -0.1) is 5.10 Å². The molecule has 7 heteroatoms. The van der Waals surface area contributed by atoms with E-state index in [-0.39, 0.29) is 24.1 Å². The zero-order valence-electron chi connectivity index (χ0n) is 13.3. The van der Waals surface area contributed by atoms with E-state index in [0.717, 1.165) is 5.69 Å². The Hall–Kier alpha value is -2.25. The largest absolute Gasteiger partial charge is 0.375 e. The monoisotopic (exact) mass is 315 g/mol. The van der Waals surface area contributed by atoms with Gasteiger partial charge in [0.25, 0.3) is 0 Å². The first-order valence-electron chi connectivity index (χ1n) is 7.78. The molecule has 2 N–H and O–H groups in total. The number of hydrogen-bond donors (Lipinski definition) is 2. The van der Waals surface area contributed by atoms with Gasteiger partial charge in [-0.25, -0.2) is 4.68 Å². The molecular weight excluding hydrogens is 294 g/mol. The van der Waals surface area contributed by atoms with E-state index in [2.05, 4.69) is 20.9 Å². The summed E-state index contributed by atoms with van der Waals surface area (Å²) in [5, 5.41) is 14.4. The molecule has 3 atom stereocenters. The number of nitrogens with one attached hydrogen (secondary N) is 2. The Balaban J connectivity index is 1.65. The molecule has 0 radical (unpaired) electrons. The molecule has 23 heavy (non-hydrogen) atoms. The van der Waals surface area contributed by atoms with Gasteiger partial charge >= 0.3 is 0 Å². The van der Waals surface area contributed by atoms with Crippen molar-refractivity contribution in [3.63, 3.8) is 0 Å². The van der Waals surface area contributed by atoms with Crippen LogP contribution in [0, 0.1) is 0 Å². The Morgan fingerprint density at radius 1 is 1.43 bits per heavy atom. The standard InChI is InChI=1S/C16H21N5O2/c1-11(18-16(22)15-12(2)23-9-8-17-15)14-10-21(20-19-14)13-6-4-3-5-7-13/h3-7,10-12,15,17H,8-9H2,1-2H3,(H,18,22)/t11?,12-,15+/m1/s1. The second-order valence-electron chi connectivity index (χ2n) is 5.66. The van der Waals surface area contributed by atoms with Crippen LogP contribution in [0.4, 0.5) is 0 Å². The van der Waals surface area contributed by atoms with Gasteiger partial charge in [0, 0.05) is 6.54 Å². The number of aromatic nitrogens is 3. The van der Waals surface area contributed by atoms with Gasteiger partial charge < -0.3 is 15.4 Å². The lowest BCUT2D eigenvalue weighted by Gasteiger charge is -2.30. The third-order valence-electron chi connectivity index (χ3n) is 3.93. The molecule has 0 aliphatic carbocycles. The van der Waals surface area contributed by atoms with Gasteiger partial charge in [0.05, 0.1) is 30.6 Å². The predicted molar refractivity (Wildman–Crippen MR) is 85.1 cm³/mol. The SMILES string of the molecule is CC(NC(=O)[C@H]1NCCO[C@@H]1C)c1cn(-c2ccccc2)nn1. The van der Waals surface area contributed by atoms with Gasteiger partial charge in [-0.1, -0.05) is 23.4 Å². The molecule has 1 saturated heterocycles. The van der Waals surface area contributed by atoms with Crippen molar-refractivity contribution in [3.05, 3.63) is 42.2 Å². The fourth-order valence-corrected chi connectivity index (χ4v) is 2.59. The minimum atomic E-state index is -0.338. The van der Waals surface area contributed by atoms with Crippen molar-refractivity contribution in [1.29, 1.82) is 0 Å². The average Bonchev–Trinajstić information content (AvgIpc) is 3.06. The van der Waals surface area contributed by atoms with Crippen molar-refractivity contribution in [1.82, 2.24) is 25.6 Å². The normalized spacial score (nSPS) is 22.5. The van der Waals surface area contributed by atoms with Crippen LogP contribution in [-0.2, 0) is 9.53 Å². The van der Waals surface area contributed by atoms with Crippen LogP contribution in [0.5, 0.6) is 0 Å². The molecule has 1 amide bonds. The maximum atomic E-state index is 12.4. The molecular formula is C16H21N5O2. The predicted octanol–water partition coefficient (Wildman–Crippen LogP) is 0.821. The van der Waals surface area contributed by atoms with E-state index in [9.17, 15) is 4.79 Å². The molecule has 1 aliphatic heterocycles. The number of amides is 1. The highest BCUT2D eigenvalue weighted by Gasteiger charge is 2.29. The van der Waals surface area contributed by atoms with E-state index in [1.54, 1.807) is 4.68 Å². The first-order chi connectivity index (χ1) is 11.1. The molecule has 1 aliphatic rings. The minimum absolute atomic E-state index is 0.0843. The third-order valence-corrected chi connectivity index (χ3v) is 3.93. The Morgan fingerprint density at radius 3 is 2.96 bits per heavy atom. The summed E-state index contributed by atoms with van der Waals surface area (Å²) in [6, 6.07) is 9.17. The number of carbonyl (C=O) groups is 1. The van der Waals surface area contributed by atoms with Gasteiger partial charge in [0.2, 0.25) is 5.91 Å². The van der Waals surface area contributed by atoms with Crippen LogP contribution < -0.4 is 10.6 Å². The van der Waals surface area contributed by atoms with Gasteiger partial charge in [-0.3, -0.25) is 4.79 Å². The van der Waals surface area contributed by atoms with Crippen LogP contribution in [0.15, 0.2) is 36.5 Å². The minimum Gasteiger partial charge on any atom is -0.375 e. The molecule has 0 spiro atoms. The highest BCUT2D eigenvalue weighted by molar-refractivity contribution is 5.82. The molecule has 2 aromatic rings. The zero-order valence-corrected chi connectivity index (χ0v) is 13.3. The topological polar surface area (TPSA) is 81.1 Å². The van der Waals surface area contributed by atoms with E-state index in [1.165, 1.54) is 0 Å². The summed E-state index contributed by atoms with van der Waals surface area (Å²) in [7, 11) is 0. The van der Waals surface area contributed by atoms with Crippen LogP contribution in [0.2, 0.25) is 0 Å². The lowest BCUT2D eigenvalue weighted by molar-refractivity contribution is -0.129. The van der Waals surface area contributed by atoms with Gasteiger partial charge in [0.15, 0.2) is 0 Å². The van der Waals surface area contributed by atoms with Crippen LogP contribution in [0.1, 0.15) is 25.6 Å². The van der Waals surface area contributed by atoms with Crippen molar-refractivity contribution in [2.24, 2.45) is 0 Å². The van der Waals surface area contributed by atoms with Gasteiger partial charge in [0.1, 0.15) is 11.7 Å².